The molecule has 0 atom stereocenters. The summed E-state index contributed by atoms with van der Waals surface area (Å²) in [4.78, 5) is 11.7. The Morgan fingerprint density at radius 1 is 1.12 bits per heavy atom. The Hall–Kier alpha value is -1.75. The number of ether oxygens (including phenoxy) is 1. The maximum absolute atomic E-state index is 11.7. The largest absolute Gasteiger partial charge is 0.492 e. The van der Waals surface area contributed by atoms with Gasteiger partial charge in [-0.1, -0.05) is 53.0 Å². The van der Waals surface area contributed by atoms with E-state index in [-0.39, 0.29) is 12.3 Å². The fourth-order valence-electron chi connectivity index (χ4n) is 1.82. The van der Waals surface area contributed by atoms with Crippen LogP contribution in [0.4, 0.5) is 0 Å². The molecule has 2 rings (SSSR count). The fourth-order valence-corrected chi connectivity index (χ4v) is 2.46. The number of nitrogens with one attached hydrogen (secondary N) is 1. The number of benzene rings is 2. The lowest BCUT2D eigenvalue weighted by Crippen LogP contribution is -2.18. The molecule has 0 aliphatic rings. The minimum absolute atomic E-state index is 0.205. The highest BCUT2D eigenvalue weighted by molar-refractivity contribution is 6.35. The smallest absolute Gasteiger partial charge is 0.240 e. The summed E-state index contributed by atoms with van der Waals surface area (Å²) in [5.74, 6) is 0.335. The van der Waals surface area contributed by atoms with E-state index in [1.807, 2.05) is 18.2 Å². The van der Waals surface area contributed by atoms with Crippen LogP contribution in [0.5, 0.6) is 5.75 Å². The number of amides is 1. The van der Waals surface area contributed by atoms with Gasteiger partial charge in [-0.25, -0.2) is 5.43 Å². The van der Waals surface area contributed by atoms with Crippen LogP contribution in [0, 0.1) is 0 Å². The lowest BCUT2D eigenvalue weighted by Gasteiger charge is -2.07. The van der Waals surface area contributed by atoms with E-state index in [0.717, 1.165) is 5.56 Å². The number of halogens is 3. The Bertz CT molecular complexity index is 736. The summed E-state index contributed by atoms with van der Waals surface area (Å²) in [6.45, 7) is 0.364. The molecule has 0 spiro atoms. The van der Waals surface area contributed by atoms with Crippen molar-refractivity contribution in [2.75, 3.05) is 6.61 Å². The molecule has 0 heterocycles. The average molecular weight is 386 g/mol. The molecule has 0 aromatic heterocycles. The van der Waals surface area contributed by atoms with Crippen LogP contribution < -0.4 is 10.2 Å². The standard InChI is InChI=1S/C17H15Cl3N2O2/c18-13-7-8-16(15(20)10-13)24-9-3-6-17(23)22-21-11-12-4-1-2-5-14(12)19/h1-2,4-5,7-8,10-11H,3,6,9H2,(H,22,23)/b21-11-. The van der Waals surface area contributed by atoms with E-state index in [9.17, 15) is 4.79 Å². The Labute approximate surface area is 155 Å². The first-order valence-electron chi connectivity index (χ1n) is 7.20. The van der Waals surface area contributed by atoms with Crippen molar-refractivity contribution < 1.29 is 9.53 Å². The first kappa shape index (κ1) is 18.6. The van der Waals surface area contributed by atoms with Crippen LogP contribution in [0.1, 0.15) is 18.4 Å². The third-order valence-corrected chi connectivity index (χ3v) is 3.87. The molecule has 0 fully saturated rings. The second-order valence-electron chi connectivity index (χ2n) is 4.84. The van der Waals surface area contributed by atoms with Gasteiger partial charge in [0, 0.05) is 22.0 Å². The highest BCUT2D eigenvalue weighted by atomic mass is 35.5. The van der Waals surface area contributed by atoms with Crippen molar-refractivity contribution >= 4 is 46.9 Å². The monoisotopic (exact) mass is 384 g/mol. The molecule has 7 heteroatoms. The van der Waals surface area contributed by atoms with Gasteiger partial charge in [-0.05, 0) is 30.7 Å². The molecule has 0 bridgehead atoms. The van der Waals surface area contributed by atoms with Gasteiger partial charge in [-0.2, -0.15) is 5.10 Å². The Morgan fingerprint density at radius 2 is 1.92 bits per heavy atom. The van der Waals surface area contributed by atoms with Crippen molar-refractivity contribution in [2.24, 2.45) is 5.10 Å². The SMILES string of the molecule is O=C(CCCOc1ccc(Cl)cc1Cl)N/N=C\c1ccccc1Cl. The summed E-state index contributed by atoms with van der Waals surface area (Å²) in [6, 6.07) is 12.2. The summed E-state index contributed by atoms with van der Waals surface area (Å²) in [6.07, 6.45) is 2.32. The molecule has 126 valence electrons. The number of carbonyl (C=O) groups excluding carboxylic acids is 1. The molecule has 0 saturated heterocycles. The van der Waals surface area contributed by atoms with Gasteiger partial charge in [0.1, 0.15) is 5.75 Å². The molecule has 24 heavy (non-hydrogen) atoms. The second-order valence-corrected chi connectivity index (χ2v) is 6.09. The summed E-state index contributed by atoms with van der Waals surface area (Å²) in [7, 11) is 0. The topological polar surface area (TPSA) is 50.7 Å². The molecule has 0 saturated carbocycles. The van der Waals surface area contributed by atoms with Gasteiger partial charge in [-0.3, -0.25) is 4.79 Å². The van der Waals surface area contributed by atoms with Crippen molar-refractivity contribution in [1.82, 2.24) is 5.43 Å². The highest BCUT2D eigenvalue weighted by Gasteiger charge is 2.04. The van der Waals surface area contributed by atoms with Gasteiger partial charge < -0.3 is 4.74 Å². The van der Waals surface area contributed by atoms with Gasteiger partial charge in [0.25, 0.3) is 0 Å². The molecule has 0 radical (unpaired) electrons. The lowest BCUT2D eigenvalue weighted by molar-refractivity contribution is -0.121. The second kappa shape index (κ2) is 9.52. The van der Waals surface area contributed by atoms with Crippen LogP contribution in [0.3, 0.4) is 0 Å². The minimum atomic E-state index is -0.205. The van der Waals surface area contributed by atoms with Crippen LogP contribution in [0.25, 0.3) is 0 Å². The highest BCUT2D eigenvalue weighted by Crippen LogP contribution is 2.27. The third-order valence-electron chi connectivity index (χ3n) is 3.00. The van der Waals surface area contributed by atoms with Gasteiger partial charge in [0.2, 0.25) is 5.91 Å². The Kier molecular flexibility index (Phi) is 7.37. The number of nitrogens with zero attached hydrogens (tertiary/aromatic N) is 1. The number of rotatable bonds is 7. The molecule has 0 aliphatic carbocycles. The van der Waals surface area contributed by atoms with Crippen LogP contribution in [-0.2, 0) is 4.79 Å². The van der Waals surface area contributed by atoms with E-state index >= 15 is 0 Å². The van der Waals surface area contributed by atoms with Crippen LogP contribution in [-0.4, -0.2) is 18.7 Å². The van der Waals surface area contributed by atoms with Gasteiger partial charge in [0.15, 0.2) is 0 Å². The predicted molar refractivity (Wildman–Crippen MR) is 98.4 cm³/mol. The van der Waals surface area contributed by atoms with Crippen LogP contribution >= 0.6 is 34.8 Å². The van der Waals surface area contributed by atoms with Gasteiger partial charge in [0.05, 0.1) is 17.8 Å². The zero-order valence-electron chi connectivity index (χ0n) is 12.6. The summed E-state index contributed by atoms with van der Waals surface area (Å²) in [5, 5.41) is 5.44. The fraction of sp³-hybridized carbons (Fsp3) is 0.176. The first-order chi connectivity index (χ1) is 11.6. The predicted octanol–water partition coefficient (Wildman–Crippen LogP) is 4.96. The van der Waals surface area contributed by atoms with Crippen molar-refractivity contribution in [3.05, 3.63) is 63.1 Å². The molecule has 0 aliphatic heterocycles. The van der Waals surface area contributed by atoms with E-state index in [0.29, 0.717) is 33.8 Å². The summed E-state index contributed by atoms with van der Waals surface area (Å²) >= 11 is 17.8. The molecule has 2 aromatic rings. The number of carbonyl (C=O) groups is 1. The van der Waals surface area contributed by atoms with Crippen molar-refractivity contribution in [3.63, 3.8) is 0 Å². The molecule has 1 N–H and O–H groups in total. The van der Waals surface area contributed by atoms with Gasteiger partial charge >= 0.3 is 0 Å². The normalized spacial score (nSPS) is 10.8. The van der Waals surface area contributed by atoms with Crippen molar-refractivity contribution in [1.29, 1.82) is 0 Å². The molecule has 4 nitrogen and oxygen atoms in total. The molecular weight excluding hydrogens is 371 g/mol. The van der Waals surface area contributed by atoms with Gasteiger partial charge in [-0.15, -0.1) is 0 Å². The van der Waals surface area contributed by atoms with E-state index in [1.54, 1.807) is 24.3 Å². The number of hydrogen-bond acceptors (Lipinski definition) is 3. The van der Waals surface area contributed by atoms with Crippen LogP contribution in [0.2, 0.25) is 15.1 Å². The number of hydrazone groups is 1. The van der Waals surface area contributed by atoms with E-state index < -0.39 is 0 Å². The van der Waals surface area contributed by atoms with Crippen molar-refractivity contribution in [2.45, 2.75) is 12.8 Å². The molecule has 0 unspecified atom stereocenters. The zero-order valence-corrected chi connectivity index (χ0v) is 14.9. The summed E-state index contributed by atoms with van der Waals surface area (Å²) in [5.41, 5.74) is 3.18. The third kappa shape index (κ3) is 6.04. The van der Waals surface area contributed by atoms with E-state index in [2.05, 4.69) is 10.5 Å². The lowest BCUT2D eigenvalue weighted by atomic mass is 10.2. The van der Waals surface area contributed by atoms with E-state index in [4.69, 9.17) is 39.5 Å². The van der Waals surface area contributed by atoms with Crippen LogP contribution in [0.15, 0.2) is 47.6 Å². The van der Waals surface area contributed by atoms with Crippen molar-refractivity contribution in [3.8, 4) is 5.75 Å². The maximum atomic E-state index is 11.7. The first-order valence-corrected chi connectivity index (χ1v) is 8.34. The maximum Gasteiger partial charge on any atom is 0.240 e. The molecular formula is C17H15Cl3N2O2. The Morgan fingerprint density at radius 3 is 2.67 bits per heavy atom. The van der Waals surface area contributed by atoms with E-state index in [1.165, 1.54) is 6.21 Å². The minimum Gasteiger partial charge on any atom is -0.492 e. The number of hydrogen-bond donors (Lipinski definition) is 1. The average Bonchev–Trinajstić information content (AvgIpc) is 2.55. The quantitative estimate of drug-likeness (QED) is 0.416. The molecule has 2 aromatic carbocycles. The molecule has 1 amide bonds. The zero-order chi connectivity index (χ0) is 17.4. The summed E-state index contributed by atoms with van der Waals surface area (Å²) < 4.78 is 5.51. The Balaban J connectivity index is 1.69.